The first-order valence-electron chi connectivity index (χ1n) is 10.9. The number of ether oxygens (including phenoxy) is 1. The third-order valence-corrected chi connectivity index (χ3v) is 6.39. The predicted octanol–water partition coefficient (Wildman–Crippen LogP) is 2.96. The van der Waals surface area contributed by atoms with E-state index in [0.29, 0.717) is 59.3 Å². The first kappa shape index (κ1) is 21.8. The quantitative estimate of drug-likeness (QED) is 0.480. The van der Waals surface area contributed by atoms with Crippen molar-refractivity contribution in [2.45, 2.75) is 6.92 Å². The summed E-state index contributed by atoms with van der Waals surface area (Å²) in [5.74, 6) is -0.164. The molecule has 1 aliphatic heterocycles. The van der Waals surface area contributed by atoms with Crippen LogP contribution in [0.2, 0.25) is 0 Å². The molecule has 2 amide bonds. The molecule has 10 nitrogen and oxygen atoms in total. The van der Waals surface area contributed by atoms with Gasteiger partial charge in [-0.1, -0.05) is 29.5 Å². The van der Waals surface area contributed by atoms with E-state index < -0.39 is 0 Å². The molecule has 0 saturated carbocycles. The zero-order valence-corrected chi connectivity index (χ0v) is 19.2. The van der Waals surface area contributed by atoms with E-state index in [0.717, 1.165) is 5.69 Å². The normalized spacial score (nSPS) is 13.9. The Morgan fingerprint density at radius 1 is 1.06 bits per heavy atom. The third kappa shape index (κ3) is 4.17. The van der Waals surface area contributed by atoms with Gasteiger partial charge in [-0.2, -0.15) is 4.52 Å². The fraction of sp³-hybridized carbons (Fsp3) is 0.261. The zero-order valence-electron chi connectivity index (χ0n) is 18.4. The van der Waals surface area contributed by atoms with Crippen LogP contribution in [0.1, 0.15) is 17.3 Å². The summed E-state index contributed by atoms with van der Waals surface area (Å²) in [6.45, 7) is 3.73. The molecule has 1 fully saturated rings. The molecule has 0 unspecified atom stereocenters. The van der Waals surface area contributed by atoms with Gasteiger partial charge in [-0.05, 0) is 37.3 Å². The van der Waals surface area contributed by atoms with Gasteiger partial charge in [0.15, 0.2) is 0 Å². The lowest BCUT2D eigenvalue weighted by Gasteiger charge is -2.34. The number of fused-ring (bicyclic) bond motifs is 2. The summed E-state index contributed by atoms with van der Waals surface area (Å²) in [5.41, 5.74) is 1.45. The van der Waals surface area contributed by atoms with Crippen molar-refractivity contribution in [3.8, 4) is 0 Å². The molecule has 0 radical (unpaired) electrons. The Labute approximate surface area is 198 Å². The molecule has 3 heterocycles. The number of piperazine rings is 1. The maximum Gasteiger partial charge on any atom is 0.409 e. The van der Waals surface area contributed by atoms with Crippen molar-refractivity contribution in [3.63, 3.8) is 0 Å². The molecule has 4 aromatic rings. The predicted molar refractivity (Wildman–Crippen MR) is 129 cm³/mol. The average molecular weight is 479 g/mol. The minimum absolute atomic E-state index is 0.164. The number of anilines is 2. The standard InChI is InChI=1S/C23H22N6O4S/c1-2-33-23(32)28-12-10-27(11-13-28)19(30)15-8-9-17-18(14-15)25-22-29(20(17)31)26-21(34-22)24-16-6-4-3-5-7-16/h3-9,14H,2,10-13H2,1H3,(H,24,26). The molecular formula is C23H22N6O4S. The van der Waals surface area contributed by atoms with Crippen LogP contribution in [0.4, 0.5) is 15.6 Å². The van der Waals surface area contributed by atoms with E-state index in [9.17, 15) is 14.4 Å². The Morgan fingerprint density at radius 3 is 2.53 bits per heavy atom. The van der Waals surface area contributed by atoms with Crippen molar-refractivity contribution in [2.75, 3.05) is 38.1 Å². The smallest absolute Gasteiger partial charge is 0.409 e. The van der Waals surface area contributed by atoms with E-state index in [1.807, 2.05) is 30.3 Å². The molecule has 1 aliphatic rings. The van der Waals surface area contributed by atoms with Crippen LogP contribution in [0.25, 0.3) is 15.9 Å². The monoisotopic (exact) mass is 478 g/mol. The van der Waals surface area contributed by atoms with Gasteiger partial charge in [0.1, 0.15) is 0 Å². The number of para-hydroxylation sites is 1. The average Bonchev–Trinajstić information content (AvgIpc) is 3.26. The lowest BCUT2D eigenvalue weighted by Crippen LogP contribution is -2.50. The van der Waals surface area contributed by atoms with Crippen LogP contribution in [0.3, 0.4) is 0 Å². The molecule has 2 aromatic carbocycles. The first-order valence-corrected chi connectivity index (χ1v) is 11.7. The molecule has 2 aromatic heterocycles. The van der Waals surface area contributed by atoms with Gasteiger partial charge in [0.25, 0.3) is 11.5 Å². The van der Waals surface area contributed by atoms with Gasteiger partial charge in [0.05, 0.1) is 17.5 Å². The third-order valence-electron chi connectivity index (χ3n) is 5.56. The number of benzene rings is 2. The number of hydrogen-bond acceptors (Lipinski definition) is 8. The zero-order chi connectivity index (χ0) is 23.7. The number of rotatable bonds is 4. The Morgan fingerprint density at radius 2 is 1.79 bits per heavy atom. The molecule has 1 saturated heterocycles. The highest BCUT2D eigenvalue weighted by molar-refractivity contribution is 7.20. The van der Waals surface area contributed by atoms with Crippen LogP contribution in [0.5, 0.6) is 0 Å². The first-order chi connectivity index (χ1) is 16.5. The molecule has 0 spiro atoms. The van der Waals surface area contributed by atoms with Crippen LogP contribution >= 0.6 is 11.3 Å². The maximum atomic E-state index is 13.1. The Kier molecular flexibility index (Phi) is 5.84. The highest BCUT2D eigenvalue weighted by atomic mass is 32.1. The minimum atomic E-state index is -0.361. The fourth-order valence-corrected chi connectivity index (χ4v) is 4.64. The molecule has 11 heteroatoms. The maximum absolute atomic E-state index is 13.1. The van der Waals surface area contributed by atoms with Crippen LogP contribution in [-0.2, 0) is 4.74 Å². The van der Waals surface area contributed by atoms with Gasteiger partial charge in [-0.15, -0.1) is 5.10 Å². The van der Waals surface area contributed by atoms with Gasteiger partial charge >= 0.3 is 6.09 Å². The van der Waals surface area contributed by atoms with E-state index in [2.05, 4.69) is 15.4 Å². The van der Waals surface area contributed by atoms with Gasteiger partial charge in [-0.25, -0.2) is 9.78 Å². The minimum Gasteiger partial charge on any atom is -0.450 e. The molecule has 0 aliphatic carbocycles. The fourth-order valence-electron chi connectivity index (χ4n) is 3.83. The van der Waals surface area contributed by atoms with Crippen molar-refractivity contribution >= 4 is 50.0 Å². The summed E-state index contributed by atoms with van der Waals surface area (Å²) in [6, 6.07) is 14.4. The molecule has 174 valence electrons. The largest absolute Gasteiger partial charge is 0.450 e. The second-order valence-corrected chi connectivity index (χ2v) is 8.68. The summed E-state index contributed by atoms with van der Waals surface area (Å²) >= 11 is 1.26. The number of nitrogens with zero attached hydrogens (tertiary/aromatic N) is 5. The second kappa shape index (κ2) is 9.10. The SMILES string of the molecule is CCOC(=O)N1CCN(C(=O)c2ccc3c(=O)n4nc(Nc5ccccc5)sc4nc3c2)CC1. The van der Waals surface area contributed by atoms with Gasteiger partial charge in [0, 0.05) is 37.4 Å². The second-order valence-electron chi connectivity index (χ2n) is 7.72. The van der Waals surface area contributed by atoms with E-state index >= 15 is 0 Å². The molecule has 5 rings (SSSR count). The number of nitrogens with one attached hydrogen (secondary N) is 1. The van der Waals surface area contributed by atoms with E-state index in [4.69, 9.17) is 4.74 Å². The number of carbonyl (C=O) groups excluding carboxylic acids is 2. The van der Waals surface area contributed by atoms with Crippen molar-refractivity contribution in [1.29, 1.82) is 0 Å². The van der Waals surface area contributed by atoms with Gasteiger partial charge < -0.3 is 19.9 Å². The highest BCUT2D eigenvalue weighted by Crippen LogP contribution is 2.23. The number of hydrogen-bond donors (Lipinski definition) is 1. The lowest BCUT2D eigenvalue weighted by atomic mass is 10.1. The highest BCUT2D eigenvalue weighted by Gasteiger charge is 2.26. The molecule has 0 bridgehead atoms. The van der Waals surface area contributed by atoms with E-state index in [1.165, 1.54) is 15.9 Å². The van der Waals surface area contributed by atoms with Crippen molar-refractivity contribution in [1.82, 2.24) is 24.4 Å². The van der Waals surface area contributed by atoms with E-state index in [-0.39, 0.29) is 17.6 Å². The van der Waals surface area contributed by atoms with Gasteiger partial charge in [0.2, 0.25) is 10.1 Å². The van der Waals surface area contributed by atoms with Crippen LogP contribution < -0.4 is 10.9 Å². The number of aromatic nitrogens is 3. The molecular weight excluding hydrogens is 456 g/mol. The lowest BCUT2D eigenvalue weighted by molar-refractivity contribution is 0.0570. The van der Waals surface area contributed by atoms with Crippen molar-refractivity contribution < 1.29 is 14.3 Å². The van der Waals surface area contributed by atoms with Crippen LogP contribution in [-0.4, -0.2) is 69.2 Å². The Balaban J connectivity index is 1.38. The van der Waals surface area contributed by atoms with Crippen molar-refractivity contribution in [2.24, 2.45) is 0 Å². The number of carbonyl (C=O) groups is 2. The van der Waals surface area contributed by atoms with E-state index in [1.54, 1.807) is 34.9 Å². The summed E-state index contributed by atoms with van der Waals surface area (Å²) in [5, 5.41) is 8.46. The topological polar surface area (TPSA) is 109 Å². The summed E-state index contributed by atoms with van der Waals surface area (Å²) < 4.78 is 6.30. The van der Waals surface area contributed by atoms with Gasteiger partial charge in [-0.3, -0.25) is 9.59 Å². The summed E-state index contributed by atoms with van der Waals surface area (Å²) in [4.78, 5) is 46.2. The molecule has 0 atom stereocenters. The Bertz CT molecular complexity index is 1430. The molecule has 34 heavy (non-hydrogen) atoms. The summed E-state index contributed by atoms with van der Waals surface area (Å²) in [7, 11) is 0. The van der Waals surface area contributed by atoms with Crippen LogP contribution in [0.15, 0.2) is 53.3 Å². The summed E-state index contributed by atoms with van der Waals surface area (Å²) in [6.07, 6.45) is -0.361. The molecule has 1 N–H and O–H groups in total. The Hall–Kier alpha value is -3.99. The number of amides is 2. The van der Waals surface area contributed by atoms with Crippen molar-refractivity contribution in [3.05, 3.63) is 64.4 Å². The van der Waals surface area contributed by atoms with Crippen LogP contribution in [0, 0.1) is 0 Å².